The van der Waals surface area contributed by atoms with Crippen LogP contribution >= 0.6 is 7.82 Å². The molecule has 0 aliphatic carbocycles. The highest BCUT2D eigenvalue weighted by Crippen LogP contribution is 2.43. The van der Waals surface area contributed by atoms with Crippen molar-refractivity contribution in [2.45, 2.75) is 175 Å². The molecule has 1 aromatic heterocycles. The number of phosphoric acid groups is 1. The molecule has 2 rings (SSSR count). The number of ketones is 1. The van der Waals surface area contributed by atoms with E-state index in [9.17, 15) is 38.2 Å². The molecule has 0 saturated carbocycles. The summed E-state index contributed by atoms with van der Waals surface area (Å²) in [4.78, 5) is 89.1. The van der Waals surface area contributed by atoms with E-state index in [0.717, 1.165) is 48.2 Å². The molecule has 0 spiro atoms. The highest BCUT2D eigenvalue weighted by atomic mass is 31.2. The number of phosphoric ester groups is 1. The molecular weight excluding hydrogens is 831 g/mol. The molecule has 1 heterocycles. The minimum atomic E-state index is -4.78. The summed E-state index contributed by atoms with van der Waals surface area (Å²) in [6.07, 6.45) is 16.6. The van der Waals surface area contributed by atoms with Crippen LogP contribution in [0.15, 0.2) is 24.4 Å². The number of nitrogens with one attached hydrogen (secondary N) is 4. The Bertz CT molecular complexity index is 1770. The molecule has 0 aliphatic rings. The molecule has 63 heavy (non-hydrogen) atoms. The topological polar surface area (TPSA) is 229 Å². The van der Waals surface area contributed by atoms with Gasteiger partial charge in [-0.3, -0.25) is 37.8 Å². The number of ether oxygens (including phenoxy) is 2. The van der Waals surface area contributed by atoms with Gasteiger partial charge in [0.1, 0.15) is 24.8 Å². The predicted octanol–water partition coefficient (Wildman–Crippen LogP) is 7.61. The quantitative estimate of drug-likeness (QED) is 0.0256. The van der Waals surface area contributed by atoms with Crippen LogP contribution in [0.3, 0.4) is 0 Å². The number of fused-ring (bicyclic) bond motifs is 1. The van der Waals surface area contributed by atoms with Crippen molar-refractivity contribution in [1.82, 2.24) is 20.9 Å². The standard InChI is InChI=1S/C46H75N4O12P/c1-7-9-10-11-12-13-14-15-16-17-18-19-20-21-44(55)62-38(31-59-36(6)52)23-25-42(53)41(49-35(5)51)32-61-63(57,58)60-27-26-47-46(56)45(34(4)8-2)50-43(54)29-37-30-48-40-24-22-33(3)28-39(37)40/h22,24,28,30,34,38,41,45,48H,7-21,23,25-27,29,31-32H2,1-6H3,(H,47,56)(H,49,51)(H,50,54)(H,57,58)/t34-,38-,41-,45-/m0/s1. The first-order valence-electron chi connectivity index (χ1n) is 22.9. The lowest BCUT2D eigenvalue weighted by atomic mass is 9.97. The number of hydrogen-bond donors (Lipinski definition) is 5. The lowest BCUT2D eigenvalue weighted by Gasteiger charge is -2.24. The second kappa shape index (κ2) is 30.9. The van der Waals surface area contributed by atoms with Crippen LogP contribution in [0.1, 0.15) is 155 Å². The first-order chi connectivity index (χ1) is 30.0. The fraction of sp³-hybridized carbons (Fsp3) is 0.696. The van der Waals surface area contributed by atoms with E-state index in [2.05, 4.69) is 27.9 Å². The highest BCUT2D eigenvalue weighted by Gasteiger charge is 2.30. The van der Waals surface area contributed by atoms with E-state index in [4.69, 9.17) is 18.5 Å². The third kappa shape index (κ3) is 24.0. The van der Waals surface area contributed by atoms with Crippen molar-refractivity contribution in [3.63, 3.8) is 0 Å². The van der Waals surface area contributed by atoms with Gasteiger partial charge in [0.05, 0.1) is 19.6 Å². The number of esters is 2. The summed E-state index contributed by atoms with van der Waals surface area (Å²) in [5.41, 5.74) is 2.75. The van der Waals surface area contributed by atoms with Crippen LogP contribution in [0.4, 0.5) is 0 Å². The van der Waals surface area contributed by atoms with Crippen LogP contribution in [0.2, 0.25) is 0 Å². The first-order valence-corrected chi connectivity index (χ1v) is 24.4. The Labute approximate surface area is 374 Å². The monoisotopic (exact) mass is 907 g/mol. The molecule has 0 bridgehead atoms. The third-order valence-corrected chi connectivity index (χ3v) is 11.9. The summed E-state index contributed by atoms with van der Waals surface area (Å²) in [7, 11) is -4.78. The number of amides is 3. The highest BCUT2D eigenvalue weighted by molar-refractivity contribution is 7.47. The van der Waals surface area contributed by atoms with Gasteiger partial charge in [0.25, 0.3) is 0 Å². The van der Waals surface area contributed by atoms with E-state index in [1.165, 1.54) is 64.7 Å². The minimum absolute atomic E-state index is 0.0413. The number of carbonyl (C=O) groups excluding carboxylic acids is 6. The van der Waals surface area contributed by atoms with Gasteiger partial charge in [-0.25, -0.2) is 4.57 Å². The fourth-order valence-electron chi connectivity index (χ4n) is 7.05. The average Bonchev–Trinajstić information content (AvgIpc) is 3.62. The number of aryl methyl sites for hydroxylation is 1. The van der Waals surface area contributed by atoms with Crippen molar-refractivity contribution in [1.29, 1.82) is 0 Å². The summed E-state index contributed by atoms with van der Waals surface area (Å²) in [5.74, 6) is -3.32. The number of H-pyrrole nitrogens is 1. The van der Waals surface area contributed by atoms with Gasteiger partial charge in [0.15, 0.2) is 5.78 Å². The Morgan fingerprint density at radius 1 is 0.825 bits per heavy atom. The summed E-state index contributed by atoms with van der Waals surface area (Å²) >= 11 is 0. The molecule has 1 unspecified atom stereocenters. The second-order valence-corrected chi connectivity index (χ2v) is 18.0. The third-order valence-electron chi connectivity index (χ3n) is 10.9. The van der Waals surface area contributed by atoms with Gasteiger partial charge < -0.3 is 35.3 Å². The van der Waals surface area contributed by atoms with E-state index in [-0.39, 0.29) is 50.7 Å². The predicted molar refractivity (Wildman–Crippen MR) is 242 cm³/mol. The van der Waals surface area contributed by atoms with E-state index in [0.29, 0.717) is 12.8 Å². The number of unbranched alkanes of at least 4 members (excludes halogenated alkanes) is 12. The number of carbonyl (C=O) groups is 6. The normalized spacial score (nSPS) is 14.2. The van der Waals surface area contributed by atoms with Crippen molar-refractivity contribution < 1.29 is 56.7 Å². The zero-order valence-electron chi connectivity index (χ0n) is 38.6. The Hall–Kier alpha value is -4.11. The van der Waals surface area contributed by atoms with Gasteiger partial charge in [-0.05, 0) is 43.4 Å². The number of Topliss-reactive ketones (excluding diaryl/α,β-unsaturated/α-hetero) is 1. The van der Waals surface area contributed by atoms with Crippen LogP contribution in [0.25, 0.3) is 10.9 Å². The van der Waals surface area contributed by atoms with E-state index in [1.54, 1.807) is 6.20 Å². The Kier molecular flexibility index (Phi) is 27.0. The molecule has 0 saturated heterocycles. The first kappa shape index (κ1) is 55.0. The summed E-state index contributed by atoms with van der Waals surface area (Å²) in [6.45, 7) is 8.65. The molecule has 0 fully saturated rings. The molecule has 0 aliphatic heterocycles. The average molecular weight is 907 g/mol. The van der Waals surface area contributed by atoms with Gasteiger partial charge in [0.2, 0.25) is 17.7 Å². The zero-order valence-corrected chi connectivity index (χ0v) is 39.5. The molecule has 3 amide bonds. The summed E-state index contributed by atoms with van der Waals surface area (Å²) < 4.78 is 33.4. The van der Waals surface area contributed by atoms with Gasteiger partial charge >= 0.3 is 19.8 Å². The van der Waals surface area contributed by atoms with Crippen LogP contribution in [-0.4, -0.2) is 89.9 Å². The number of aromatic amines is 1. The fourth-order valence-corrected chi connectivity index (χ4v) is 7.78. The lowest BCUT2D eigenvalue weighted by Crippen LogP contribution is -2.51. The van der Waals surface area contributed by atoms with Gasteiger partial charge in [-0.2, -0.15) is 0 Å². The maximum Gasteiger partial charge on any atom is 0.472 e. The van der Waals surface area contributed by atoms with Crippen molar-refractivity contribution in [3.05, 3.63) is 35.5 Å². The molecule has 17 heteroatoms. The number of aromatic nitrogens is 1. The summed E-state index contributed by atoms with van der Waals surface area (Å²) in [5, 5.41) is 8.76. The number of hydrogen-bond acceptors (Lipinski definition) is 11. The SMILES string of the molecule is CCCCCCCCCCCCCCCC(=O)O[C@@H](CCC(=O)[C@H](COP(=O)(O)OCCNC(=O)[C@@H](NC(=O)Cc1c[nH]c2ccc(C)cc12)[C@@H](C)CC)NC(C)=O)COC(C)=O. The Balaban J connectivity index is 1.79. The number of rotatable bonds is 35. The van der Waals surface area contributed by atoms with Crippen molar-refractivity contribution in [2.24, 2.45) is 5.92 Å². The van der Waals surface area contributed by atoms with Crippen molar-refractivity contribution in [2.75, 3.05) is 26.4 Å². The zero-order chi connectivity index (χ0) is 46.6. The van der Waals surface area contributed by atoms with E-state index < -0.39 is 68.8 Å². The van der Waals surface area contributed by atoms with Crippen LogP contribution in [0, 0.1) is 12.8 Å². The lowest BCUT2D eigenvalue weighted by molar-refractivity contribution is -0.158. The smallest absolute Gasteiger partial charge is 0.462 e. The van der Waals surface area contributed by atoms with Crippen molar-refractivity contribution >= 4 is 54.2 Å². The van der Waals surface area contributed by atoms with Crippen LogP contribution < -0.4 is 16.0 Å². The van der Waals surface area contributed by atoms with E-state index >= 15 is 0 Å². The van der Waals surface area contributed by atoms with Gasteiger partial charge in [0, 0.05) is 50.3 Å². The van der Waals surface area contributed by atoms with Crippen LogP contribution in [0.5, 0.6) is 0 Å². The Morgan fingerprint density at radius 2 is 1.46 bits per heavy atom. The molecule has 356 valence electrons. The summed E-state index contributed by atoms with van der Waals surface area (Å²) in [6, 6.07) is 3.67. The maximum atomic E-state index is 13.2. The largest absolute Gasteiger partial charge is 0.472 e. The molecule has 1 aromatic carbocycles. The number of benzene rings is 1. The molecule has 5 N–H and O–H groups in total. The molecule has 5 atom stereocenters. The van der Waals surface area contributed by atoms with Crippen molar-refractivity contribution in [3.8, 4) is 0 Å². The second-order valence-electron chi connectivity index (χ2n) is 16.5. The minimum Gasteiger partial charge on any atom is -0.462 e. The molecule has 2 aromatic rings. The van der Waals surface area contributed by atoms with E-state index in [1.807, 2.05) is 39.0 Å². The van der Waals surface area contributed by atoms with Gasteiger partial charge in [-0.1, -0.05) is 116 Å². The Morgan fingerprint density at radius 3 is 2.06 bits per heavy atom. The van der Waals surface area contributed by atoms with Gasteiger partial charge in [-0.15, -0.1) is 0 Å². The molecule has 0 radical (unpaired) electrons. The van der Waals surface area contributed by atoms with Crippen LogP contribution in [-0.2, 0) is 58.3 Å². The molecular formula is C46H75N4O12P. The maximum absolute atomic E-state index is 13.2. The molecule has 16 nitrogen and oxygen atoms in total.